The van der Waals surface area contributed by atoms with Crippen LogP contribution in [0.5, 0.6) is 5.75 Å². The summed E-state index contributed by atoms with van der Waals surface area (Å²) >= 11 is 1.30. The minimum Gasteiger partial charge on any atom is -0.497 e. The SMILES string of the molecule is COc1ccc(N2CCN(C(=O)Cc3ccc(-n4c(=O)[nH]c5ccsc5c4=O)cc3)CC2)cc1. The number of H-pyrrole nitrogens is 1. The quantitative estimate of drug-likeness (QED) is 0.479. The predicted octanol–water partition coefficient (Wildman–Crippen LogP) is 2.64. The summed E-state index contributed by atoms with van der Waals surface area (Å²) in [6.45, 7) is 2.87. The van der Waals surface area contributed by atoms with Gasteiger partial charge in [-0.1, -0.05) is 12.1 Å². The molecule has 0 saturated carbocycles. The molecule has 1 aliphatic rings. The Morgan fingerprint density at radius 1 is 0.941 bits per heavy atom. The molecule has 8 nitrogen and oxygen atoms in total. The summed E-state index contributed by atoms with van der Waals surface area (Å²) in [5, 5.41) is 1.78. The van der Waals surface area contributed by atoms with Crippen molar-refractivity contribution in [3.63, 3.8) is 0 Å². The normalized spacial score (nSPS) is 13.9. The van der Waals surface area contributed by atoms with E-state index in [9.17, 15) is 14.4 Å². The lowest BCUT2D eigenvalue weighted by Crippen LogP contribution is -2.49. The molecule has 0 bridgehead atoms. The van der Waals surface area contributed by atoms with Gasteiger partial charge >= 0.3 is 5.69 Å². The van der Waals surface area contributed by atoms with Gasteiger partial charge in [0.2, 0.25) is 5.91 Å². The molecule has 1 fully saturated rings. The zero-order valence-corrected chi connectivity index (χ0v) is 19.5. The van der Waals surface area contributed by atoms with Crippen molar-refractivity contribution in [1.82, 2.24) is 14.5 Å². The maximum absolute atomic E-state index is 12.9. The number of anilines is 1. The van der Waals surface area contributed by atoms with Gasteiger partial charge in [-0.15, -0.1) is 11.3 Å². The summed E-state index contributed by atoms with van der Waals surface area (Å²) < 4.78 is 6.85. The number of amides is 1. The molecule has 4 aromatic rings. The van der Waals surface area contributed by atoms with Gasteiger partial charge in [-0.25, -0.2) is 9.36 Å². The number of carbonyl (C=O) groups is 1. The first kappa shape index (κ1) is 22.0. The molecule has 3 heterocycles. The van der Waals surface area contributed by atoms with Crippen molar-refractivity contribution in [2.45, 2.75) is 6.42 Å². The van der Waals surface area contributed by atoms with E-state index in [-0.39, 0.29) is 17.9 Å². The Labute approximate surface area is 199 Å². The fourth-order valence-electron chi connectivity index (χ4n) is 4.23. The zero-order valence-electron chi connectivity index (χ0n) is 18.7. The lowest BCUT2D eigenvalue weighted by molar-refractivity contribution is -0.130. The van der Waals surface area contributed by atoms with Crippen LogP contribution in [0.1, 0.15) is 5.56 Å². The van der Waals surface area contributed by atoms with Crippen LogP contribution in [0, 0.1) is 0 Å². The van der Waals surface area contributed by atoms with E-state index in [4.69, 9.17) is 4.74 Å². The molecule has 1 N–H and O–H groups in total. The number of aromatic nitrogens is 2. The van der Waals surface area contributed by atoms with Crippen molar-refractivity contribution >= 4 is 33.1 Å². The number of rotatable bonds is 5. The van der Waals surface area contributed by atoms with Crippen molar-refractivity contribution in [2.24, 2.45) is 0 Å². The third-order valence-electron chi connectivity index (χ3n) is 6.13. The second kappa shape index (κ2) is 9.18. The van der Waals surface area contributed by atoms with Crippen LogP contribution in [0.3, 0.4) is 0 Å². The lowest BCUT2D eigenvalue weighted by Gasteiger charge is -2.36. The van der Waals surface area contributed by atoms with E-state index in [1.807, 2.05) is 29.2 Å². The largest absolute Gasteiger partial charge is 0.497 e. The predicted molar refractivity (Wildman–Crippen MR) is 134 cm³/mol. The highest BCUT2D eigenvalue weighted by molar-refractivity contribution is 7.17. The second-order valence-electron chi connectivity index (χ2n) is 8.14. The second-order valence-corrected chi connectivity index (χ2v) is 9.06. The van der Waals surface area contributed by atoms with E-state index in [2.05, 4.69) is 9.88 Å². The summed E-state index contributed by atoms with van der Waals surface area (Å²) in [6, 6.07) is 16.7. The van der Waals surface area contributed by atoms with Gasteiger partial charge in [0.15, 0.2) is 0 Å². The molecule has 0 atom stereocenters. The average Bonchev–Trinajstić information content (AvgIpc) is 3.34. The number of methoxy groups -OCH3 is 1. The van der Waals surface area contributed by atoms with Gasteiger partial charge in [0, 0.05) is 31.9 Å². The Morgan fingerprint density at radius 2 is 1.62 bits per heavy atom. The Hall–Kier alpha value is -3.85. The monoisotopic (exact) mass is 476 g/mol. The van der Waals surface area contributed by atoms with E-state index in [0.29, 0.717) is 29.0 Å². The molecule has 0 radical (unpaired) electrons. The molecule has 1 saturated heterocycles. The number of hydrogen-bond acceptors (Lipinski definition) is 6. The molecule has 34 heavy (non-hydrogen) atoms. The Morgan fingerprint density at radius 3 is 2.29 bits per heavy atom. The minimum absolute atomic E-state index is 0.0668. The Bertz CT molecular complexity index is 1430. The van der Waals surface area contributed by atoms with Crippen molar-refractivity contribution in [3.05, 3.63) is 86.4 Å². The van der Waals surface area contributed by atoms with Gasteiger partial charge in [-0.05, 0) is 53.4 Å². The molecule has 0 spiro atoms. The Kier molecular flexibility index (Phi) is 5.93. The van der Waals surface area contributed by atoms with Crippen LogP contribution < -0.4 is 20.9 Å². The van der Waals surface area contributed by atoms with Crippen molar-refractivity contribution in [3.8, 4) is 11.4 Å². The van der Waals surface area contributed by atoms with Crippen LogP contribution in [0.4, 0.5) is 5.69 Å². The fraction of sp³-hybridized carbons (Fsp3) is 0.240. The molecule has 1 aliphatic heterocycles. The van der Waals surface area contributed by atoms with Gasteiger partial charge < -0.3 is 19.5 Å². The van der Waals surface area contributed by atoms with Crippen LogP contribution in [0.15, 0.2) is 69.6 Å². The van der Waals surface area contributed by atoms with E-state index < -0.39 is 5.69 Å². The molecule has 2 aromatic heterocycles. The first-order valence-corrected chi connectivity index (χ1v) is 11.9. The van der Waals surface area contributed by atoms with E-state index in [0.717, 1.165) is 34.7 Å². The number of nitrogens with zero attached hydrogens (tertiary/aromatic N) is 3. The van der Waals surface area contributed by atoms with E-state index >= 15 is 0 Å². The topological polar surface area (TPSA) is 87.6 Å². The van der Waals surface area contributed by atoms with Crippen LogP contribution in [-0.2, 0) is 11.2 Å². The summed E-state index contributed by atoms with van der Waals surface area (Å²) in [6.07, 6.45) is 0.276. The number of ether oxygens (including phenoxy) is 1. The van der Waals surface area contributed by atoms with Crippen molar-refractivity contribution < 1.29 is 9.53 Å². The molecule has 2 aromatic carbocycles. The van der Waals surface area contributed by atoms with E-state index in [1.54, 1.807) is 42.8 Å². The zero-order chi connectivity index (χ0) is 23.7. The highest BCUT2D eigenvalue weighted by atomic mass is 32.1. The maximum Gasteiger partial charge on any atom is 0.333 e. The third-order valence-corrected chi connectivity index (χ3v) is 7.03. The smallest absolute Gasteiger partial charge is 0.333 e. The van der Waals surface area contributed by atoms with Gasteiger partial charge in [0.05, 0.1) is 24.7 Å². The number of fused-ring (bicyclic) bond motifs is 1. The first-order valence-electron chi connectivity index (χ1n) is 11.0. The van der Waals surface area contributed by atoms with E-state index in [1.165, 1.54) is 11.3 Å². The minimum atomic E-state index is -0.477. The fourth-order valence-corrected chi connectivity index (χ4v) is 5.01. The summed E-state index contributed by atoms with van der Waals surface area (Å²) in [4.78, 5) is 44.9. The molecular weight excluding hydrogens is 452 g/mol. The lowest BCUT2D eigenvalue weighted by atomic mass is 10.1. The standard InChI is InChI=1S/C25H24N4O4S/c1-33-20-8-6-18(7-9-20)27-11-13-28(14-12-27)22(30)16-17-2-4-19(5-3-17)29-24(31)23-21(10-15-34-23)26-25(29)32/h2-10,15H,11-14,16H2,1H3,(H,26,32). The molecule has 5 rings (SSSR count). The molecule has 0 aliphatic carbocycles. The van der Waals surface area contributed by atoms with Gasteiger partial charge in [-0.3, -0.25) is 9.59 Å². The number of piperazine rings is 1. The van der Waals surface area contributed by atoms with Crippen molar-refractivity contribution in [2.75, 3.05) is 38.2 Å². The average molecular weight is 477 g/mol. The molecular formula is C25H24N4O4S. The summed E-state index contributed by atoms with van der Waals surface area (Å²) in [5.41, 5.74) is 2.17. The molecule has 9 heteroatoms. The number of aromatic amines is 1. The number of carbonyl (C=O) groups excluding carboxylic acids is 1. The Balaban J connectivity index is 1.23. The van der Waals surface area contributed by atoms with Gasteiger partial charge in [0.25, 0.3) is 5.56 Å². The van der Waals surface area contributed by atoms with Crippen LogP contribution >= 0.6 is 11.3 Å². The van der Waals surface area contributed by atoms with Gasteiger partial charge in [-0.2, -0.15) is 0 Å². The van der Waals surface area contributed by atoms with Gasteiger partial charge in [0.1, 0.15) is 10.4 Å². The number of hydrogen-bond donors (Lipinski definition) is 1. The highest BCUT2D eigenvalue weighted by Crippen LogP contribution is 2.21. The van der Waals surface area contributed by atoms with Crippen molar-refractivity contribution in [1.29, 1.82) is 0 Å². The number of nitrogens with one attached hydrogen (secondary N) is 1. The number of thiophene rings is 1. The molecule has 1 amide bonds. The number of benzene rings is 2. The molecule has 0 unspecified atom stereocenters. The summed E-state index contributed by atoms with van der Waals surface area (Å²) in [7, 11) is 1.65. The van der Waals surface area contributed by atoms with Crippen LogP contribution in [0.2, 0.25) is 0 Å². The third kappa shape index (κ3) is 4.22. The molecule has 174 valence electrons. The van der Waals surface area contributed by atoms with Crippen LogP contribution in [-0.4, -0.2) is 53.6 Å². The first-order chi connectivity index (χ1) is 16.5. The van der Waals surface area contributed by atoms with Crippen LogP contribution in [0.25, 0.3) is 15.9 Å². The maximum atomic E-state index is 12.9. The highest BCUT2D eigenvalue weighted by Gasteiger charge is 2.21. The summed E-state index contributed by atoms with van der Waals surface area (Å²) in [5.74, 6) is 0.891.